The zero-order valence-electron chi connectivity index (χ0n) is 11.0. The van der Waals surface area contributed by atoms with Gasteiger partial charge >= 0.3 is 0 Å². The second kappa shape index (κ2) is 6.22. The van der Waals surface area contributed by atoms with Crippen molar-refractivity contribution >= 4 is 17.5 Å². The molecular formula is C14H18N2O3. The van der Waals surface area contributed by atoms with Gasteiger partial charge in [-0.1, -0.05) is 12.1 Å². The van der Waals surface area contributed by atoms with Crippen LogP contribution in [0.4, 0.5) is 5.69 Å². The van der Waals surface area contributed by atoms with Crippen molar-refractivity contribution < 1.29 is 14.3 Å². The Kier molecular flexibility index (Phi) is 4.39. The first kappa shape index (κ1) is 13.4. The van der Waals surface area contributed by atoms with E-state index in [1.54, 1.807) is 29.2 Å². The number of hydrogen-bond donors (Lipinski definition) is 1. The minimum absolute atomic E-state index is 0.00451. The van der Waals surface area contributed by atoms with Crippen molar-refractivity contribution in [2.75, 3.05) is 25.0 Å². The zero-order chi connectivity index (χ0) is 13.7. The Morgan fingerprint density at radius 3 is 2.63 bits per heavy atom. The molecule has 5 nitrogen and oxygen atoms in total. The van der Waals surface area contributed by atoms with E-state index >= 15 is 0 Å². The molecule has 1 fully saturated rings. The van der Waals surface area contributed by atoms with Crippen molar-refractivity contribution in [1.82, 2.24) is 4.90 Å². The lowest BCUT2D eigenvalue weighted by molar-refractivity contribution is -0.132. The highest BCUT2D eigenvalue weighted by Crippen LogP contribution is 2.23. The first-order valence-electron chi connectivity index (χ1n) is 6.44. The molecule has 0 radical (unpaired) electrons. The number of anilines is 1. The summed E-state index contributed by atoms with van der Waals surface area (Å²) in [5.74, 6) is 0.349. The van der Waals surface area contributed by atoms with E-state index in [1.807, 2.05) is 0 Å². The smallest absolute Gasteiger partial charge is 0.260 e. The standard InChI is InChI=1S/C14H18N2O3/c1-11(17)15-12-6-2-3-7-13(12)19-10-14(18)16-8-4-5-9-16/h2-3,6-7H,4-5,8-10H2,1H3,(H,15,17). The zero-order valence-corrected chi connectivity index (χ0v) is 11.0. The number of benzene rings is 1. The Balaban J connectivity index is 1.94. The number of para-hydroxylation sites is 2. The molecule has 0 unspecified atom stereocenters. The van der Waals surface area contributed by atoms with E-state index in [2.05, 4.69) is 5.32 Å². The third-order valence-corrected chi connectivity index (χ3v) is 3.01. The number of hydrogen-bond acceptors (Lipinski definition) is 3. The highest BCUT2D eigenvalue weighted by molar-refractivity contribution is 5.90. The molecule has 1 heterocycles. The average molecular weight is 262 g/mol. The van der Waals surface area contributed by atoms with Crippen LogP contribution in [0.15, 0.2) is 24.3 Å². The van der Waals surface area contributed by atoms with Gasteiger partial charge in [-0.3, -0.25) is 9.59 Å². The van der Waals surface area contributed by atoms with E-state index in [0.717, 1.165) is 25.9 Å². The van der Waals surface area contributed by atoms with Crippen LogP contribution >= 0.6 is 0 Å². The van der Waals surface area contributed by atoms with Crippen LogP contribution in [-0.4, -0.2) is 36.4 Å². The van der Waals surface area contributed by atoms with E-state index in [4.69, 9.17) is 4.74 Å². The van der Waals surface area contributed by atoms with Gasteiger partial charge in [0.2, 0.25) is 5.91 Å². The fourth-order valence-electron chi connectivity index (χ4n) is 2.08. The summed E-state index contributed by atoms with van der Waals surface area (Å²) in [4.78, 5) is 24.7. The summed E-state index contributed by atoms with van der Waals surface area (Å²) in [7, 11) is 0. The molecule has 1 aliphatic heterocycles. The van der Waals surface area contributed by atoms with Gasteiger partial charge in [0.1, 0.15) is 5.75 Å². The molecule has 1 N–H and O–H groups in total. The lowest BCUT2D eigenvalue weighted by Gasteiger charge is -2.16. The summed E-state index contributed by atoms with van der Waals surface area (Å²) >= 11 is 0. The van der Waals surface area contributed by atoms with Gasteiger partial charge in [-0.15, -0.1) is 0 Å². The lowest BCUT2D eigenvalue weighted by atomic mass is 10.3. The van der Waals surface area contributed by atoms with Crippen molar-refractivity contribution in [3.63, 3.8) is 0 Å². The summed E-state index contributed by atoms with van der Waals surface area (Å²) in [6.45, 7) is 3.08. The molecule has 0 bridgehead atoms. The fraction of sp³-hybridized carbons (Fsp3) is 0.429. The maximum absolute atomic E-state index is 11.9. The monoisotopic (exact) mass is 262 g/mol. The predicted molar refractivity (Wildman–Crippen MR) is 72.1 cm³/mol. The van der Waals surface area contributed by atoms with Crippen molar-refractivity contribution in [1.29, 1.82) is 0 Å². The Labute approximate surface area is 112 Å². The summed E-state index contributed by atoms with van der Waals surface area (Å²) in [6.07, 6.45) is 2.13. The second-order valence-electron chi connectivity index (χ2n) is 4.55. The average Bonchev–Trinajstić information content (AvgIpc) is 2.90. The Bertz CT molecular complexity index is 468. The molecule has 0 aliphatic carbocycles. The SMILES string of the molecule is CC(=O)Nc1ccccc1OCC(=O)N1CCCC1. The largest absolute Gasteiger partial charge is 0.482 e. The van der Waals surface area contributed by atoms with Crippen LogP contribution in [-0.2, 0) is 9.59 Å². The maximum atomic E-state index is 11.9. The van der Waals surface area contributed by atoms with E-state index in [-0.39, 0.29) is 18.4 Å². The van der Waals surface area contributed by atoms with E-state index in [0.29, 0.717) is 11.4 Å². The minimum Gasteiger partial charge on any atom is -0.482 e. The van der Waals surface area contributed by atoms with Gasteiger partial charge < -0.3 is 15.0 Å². The third-order valence-electron chi connectivity index (χ3n) is 3.01. The number of nitrogens with one attached hydrogen (secondary N) is 1. The predicted octanol–water partition coefficient (Wildman–Crippen LogP) is 1.65. The molecule has 1 aromatic rings. The summed E-state index contributed by atoms with van der Waals surface area (Å²) in [5, 5.41) is 2.68. The number of rotatable bonds is 4. The second-order valence-corrected chi connectivity index (χ2v) is 4.55. The number of carbonyl (C=O) groups is 2. The number of carbonyl (C=O) groups excluding carboxylic acids is 2. The third kappa shape index (κ3) is 3.71. The van der Waals surface area contributed by atoms with Gasteiger partial charge in [0.25, 0.3) is 5.91 Å². The van der Waals surface area contributed by atoms with Gasteiger partial charge in [-0.25, -0.2) is 0 Å². The molecule has 0 spiro atoms. The van der Waals surface area contributed by atoms with Crippen LogP contribution in [0, 0.1) is 0 Å². The van der Waals surface area contributed by atoms with Crippen molar-refractivity contribution in [2.24, 2.45) is 0 Å². The van der Waals surface area contributed by atoms with Gasteiger partial charge in [-0.2, -0.15) is 0 Å². The number of likely N-dealkylation sites (tertiary alicyclic amines) is 1. The van der Waals surface area contributed by atoms with Crippen LogP contribution < -0.4 is 10.1 Å². The van der Waals surface area contributed by atoms with E-state index < -0.39 is 0 Å². The first-order valence-corrected chi connectivity index (χ1v) is 6.44. The topological polar surface area (TPSA) is 58.6 Å². The molecule has 102 valence electrons. The summed E-state index contributed by atoms with van der Waals surface area (Å²) in [6, 6.07) is 7.10. The fourth-order valence-corrected chi connectivity index (χ4v) is 2.08. The maximum Gasteiger partial charge on any atom is 0.260 e. The molecule has 2 rings (SSSR count). The molecule has 0 aromatic heterocycles. The van der Waals surface area contributed by atoms with Crippen molar-refractivity contribution in [3.05, 3.63) is 24.3 Å². The van der Waals surface area contributed by atoms with Gasteiger partial charge in [-0.05, 0) is 25.0 Å². The van der Waals surface area contributed by atoms with Crippen LogP contribution in [0.1, 0.15) is 19.8 Å². The Morgan fingerprint density at radius 1 is 1.26 bits per heavy atom. The Morgan fingerprint density at radius 2 is 1.95 bits per heavy atom. The normalized spacial score (nSPS) is 14.3. The van der Waals surface area contributed by atoms with E-state index in [1.165, 1.54) is 6.92 Å². The lowest BCUT2D eigenvalue weighted by Crippen LogP contribution is -2.32. The van der Waals surface area contributed by atoms with Crippen molar-refractivity contribution in [2.45, 2.75) is 19.8 Å². The number of ether oxygens (including phenoxy) is 1. The summed E-state index contributed by atoms with van der Waals surface area (Å²) in [5.41, 5.74) is 0.587. The minimum atomic E-state index is -0.165. The molecule has 0 saturated carbocycles. The van der Waals surface area contributed by atoms with Crippen LogP contribution in [0.3, 0.4) is 0 Å². The highest BCUT2D eigenvalue weighted by Gasteiger charge is 2.18. The molecule has 0 atom stereocenters. The molecular weight excluding hydrogens is 244 g/mol. The number of amides is 2. The molecule has 19 heavy (non-hydrogen) atoms. The van der Waals surface area contributed by atoms with Crippen LogP contribution in [0.2, 0.25) is 0 Å². The molecule has 2 amide bonds. The van der Waals surface area contributed by atoms with Crippen LogP contribution in [0.5, 0.6) is 5.75 Å². The van der Waals surface area contributed by atoms with Crippen LogP contribution in [0.25, 0.3) is 0 Å². The molecule has 1 saturated heterocycles. The first-order chi connectivity index (χ1) is 9.16. The number of nitrogens with zero attached hydrogens (tertiary/aromatic N) is 1. The summed E-state index contributed by atoms with van der Waals surface area (Å²) < 4.78 is 5.51. The molecule has 5 heteroatoms. The molecule has 1 aromatic carbocycles. The Hall–Kier alpha value is -2.04. The van der Waals surface area contributed by atoms with Crippen molar-refractivity contribution in [3.8, 4) is 5.75 Å². The van der Waals surface area contributed by atoms with Gasteiger partial charge in [0.15, 0.2) is 6.61 Å². The van der Waals surface area contributed by atoms with Gasteiger partial charge in [0, 0.05) is 20.0 Å². The quantitative estimate of drug-likeness (QED) is 0.897. The van der Waals surface area contributed by atoms with Gasteiger partial charge in [0.05, 0.1) is 5.69 Å². The molecule has 1 aliphatic rings. The van der Waals surface area contributed by atoms with E-state index in [9.17, 15) is 9.59 Å². The highest BCUT2D eigenvalue weighted by atomic mass is 16.5.